The summed E-state index contributed by atoms with van der Waals surface area (Å²) in [7, 11) is 1.61. The highest BCUT2D eigenvalue weighted by atomic mass is 79.9. The van der Waals surface area contributed by atoms with Gasteiger partial charge in [-0.1, -0.05) is 43.5 Å². The number of ether oxygens (including phenoxy) is 1. The molecule has 0 aliphatic carbocycles. The van der Waals surface area contributed by atoms with Gasteiger partial charge in [0.2, 0.25) is 0 Å². The summed E-state index contributed by atoms with van der Waals surface area (Å²) in [5.41, 5.74) is 1.76. The lowest BCUT2D eigenvalue weighted by Crippen LogP contribution is -1.99. The van der Waals surface area contributed by atoms with Crippen LogP contribution in [0.15, 0.2) is 43.7 Å². The molecular formula is C14H9Br3Cl2O. The summed E-state index contributed by atoms with van der Waals surface area (Å²) in [6.45, 7) is 0. The minimum Gasteiger partial charge on any atom is -0.495 e. The summed E-state index contributed by atoms with van der Waals surface area (Å²) < 4.78 is 8.10. The molecule has 1 atom stereocenters. The van der Waals surface area contributed by atoms with Gasteiger partial charge in [-0.2, -0.15) is 0 Å². The molecule has 0 spiro atoms. The molecule has 0 aliphatic rings. The SMILES string of the molecule is COc1c(Br)cc(Cl)cc1C(Cl)c1cc(Br)cc(Br)c1. The molecule has 0 aromatic heterocycles. The Labute approximate surface area is 153 Å². The summed E-state index contributed by atoms with van der Waals surface area (Å²) in [5, 5.41) is 0.237. The summed E-state index contributed by atoms with van der Waals surface area (Å²) in [4.78, 5) is 0. The Bertz CT molecular complexity index is 626. The molecule has 20 heavy (non-hydrogen) atoms. The fourth-order valence-electron chi connectivity index (χ4n) is 1.88. The molecule has 0 aliphatic heterocycles. The van der Waals surface area contributed by atoms with Gasteiger partial charge in [-0.25, -0.2) is 0 Å². The topological polar surface area (TPSA) is 9.23 Å². The quantitative estimate of drug-likeness (QED) is 0.411. The molecule has 0 radical (unpaired) electrons. The molecule has 0 bridgehead atoms. The van der Waals surface area contributed by atoms with Crippen molar-refractivity contribution < 1.29 is 4.74 Å². The molecule has 2 rings (SSSR count). The van der Waals surface area contributed by atoms with E-state index in [4.69, 9.17) is 27.9 Å². The van der Waals surface area contributed by atoms with Crippen LogP contribution in [-0.2, 0) is 0 Å². The van der Waals surface area contributed by atoms with Crippen LogP contribution in [0.25, 0.3) is 0 Å². The molecule has 0 N–H and O–H groups in total. The molecule has 0 saturated carbocycles. The highest BCUT2D eigenvalue weighted by Crippen LogP contribution is 2.42. The minimum atomic E-state index is -0.367. The Balaban J connectivity index is 2.55. The number of hydrogen-bond acceptors (Lipinski definition) is 1. The van der Waals surface area contributed by atoms with Crippen LogP contribution in [0.3, 0.4) is 0 Å². The fourth-order valence-corrected chi connectivity index (χ4v) is 4.50. The largest absolute Gasteiger partial charge is 0.495 e. The van der Waals surface area contributed by atoms with Crippen molar-refractivity contribution in [3.63, 3.8) is 0 Å². The first kappa shape index (κ1) is 16.6. The lowest BCUT2D eigenvalue weighted by atomic mass is 10.0. The van der Waals surface area contributed by atoms with Crippen molar-refractivity contribution in [3.05, 3.63) is 59.9 Å². The number of benzene rings is 2. The Morgan fingerprint density at radius 3 is 2.15 bits per heavy atom. The van der Waals surface area contributed by atoms with Crippen molar-refractivity contribution in [1.82, 2.24) is 0 Å². The van der Waals surface area contributed by atoms with Gasteiger partial charge in [0.25, 0.3) is 0 Å². The first-order valence-electron chi connectivity index (χ1n) is 5.55. The van der Waals surface area contributed by atoms with Crippen molar-refractivity contribution >= 4 is 71.0 Å². The molecule has 0 fully saturated rings. The monoisotopic (exact) mass is 500 g/mol. The second-order valence-electron chi connectivity index (χ2n) is 4.08. The van der Waals surface area contributed by atoms with E-state index in [0.29, 0.717) is 10.8 Å². The van der Waals surface area contributed by atoms with E-state index in [1.165, 1.54) is 0 Å². The second kappa shape index (κ2) is 7.01. The summed E-state index contributed by atoms with van der Waals surface area (Å²) in [6.07, 6.45) is 0. The number of methoxy groups -OCH3 is 1. The van der Waals surface area contributed by atoms with Crippen molar-refractivity contribution in [1.29, 1.82) is 0 Å². The van der Waals surface area contributed by atoms with E-state index < -0.39 is 0 Å². The molecule has 106 valence electrons. The number of rotatable bonds is 3. The van der Waals surface area contributed by atoms with Crippen LogP contribution in [0.2, 0.25) is 5.02 Å². The van der Waals surface area contributed by atoms with Crippen molar-refractivity contribution in [2.75, 3.05) is 7.11 Å². The standard InChI is InChI=1S/C14H9Br3Cl2O/c1-20-14-11(5-10(18)6-12(14)17)13(19)7-2-8(15)4-9(16)3-7/h2-6,13H,1H3. The van der Waals surface area contributed by atoms with Crippen LogP contribution >= 0.6 is 71.0 Å². The highest BCUT2D eigenvalue weighted by Gasteiger charge is 2.19. The predicted molar refractivity (Wildman–Crippen MR) is 95.2 cm³/mol. The molecule has 1 unspecified atom stereocenters. The van der Waals surface area contributed by atoms with E-state index >= 15 is 0 Å². The number of alkyl halides is 1. The average Bonchev–Trinajstić information content (AvgIpc) is 2.35. The molecule has 0 heterocycles. The van der Waals surface area contributed by atoms with Crippen LogP contribution in [-0.4, -0.2) is 7.11 Å². The van der Waals surface area contributed by atoms with E-state index in [2.05, 4.69) is 47.8 Å². The zero-order valence-corrected chi connectivity index (χ0v) is 16.5. The van der Waals surface area contributed by atoms with Crippen molar-refractivity contribution in [3.8, 4) is 5.75 Å². The van der Waals surface area contributed by atoms with E-state index in [-0.39, 0.29) is 5.38 Å². The second-order valence-corrected chi connectivity index (χ2v) is 7.63. The molecule has 6 heteroatoms. The van der Waals surface area contributed by atoms with Gasteiger partial charge in [-0.05, 0) is 51.8 Å². The van der Waals surface area contributed by atoms with Gasteiger partial charge in [-0.3, -0.25) is 0 Å². The van der Waals surface area contributed by atoms with E-state index in [1.807, 2.05) is 24.3 Å². The summed E-state index contributed by atoms with van der Waals surface area (Å²) >= 11 is 23.1. The van der Waals surface area contributed by atoms with Gasteiger partial charge in [0, 0.05) is 19.5 Å². The highest BCUT2D eigenvalue weighted by molar-refractivity contribution is 9.11. The normalized spacial score (nSPS) is 12.3. The maximum atomic E-state index is 6.60. The number of hydrogen-bond donors (Lipinski definition) is 0. The Kier molecular flexibility index (Phi) is 5.83. The lowest BCUT2D eigenvalue weighted by Gasteiger charge is -2.17. The lowest BCUT2D eigenvalue weighted by molar-refractivity contribution is 0.407. The fraction of sp³-hybridized carbons (Fsp3) is 0.143. The smallest absolute Gasteiger partial charge is 0.138 e. The third-order valence-electron chi connectivity index (χ3n) is 2.69. The predicted octanol–water partition coefficient (Wildman–Crippen LogP) is 6.96. The van der Waals surface area contributed by atoms with E-state index in [9.17, 15) is 0 Å². The molecule has 2 aromatic rings. The average molecular weight is 504 g/mol. The zero-order chi connectivity index (χ0) is 14.9. The van der Waals surface area contributed by atoms with Crippen LogP contribution < -0.4 is 4.74 Å². The van der Waals surface area contributed by atoms with Crippen LogP contribution in [0, 0.1) is 0 Å². The van der Waals surface area contributed by atoms with E-state index in [0.717, 1.165) is 24.5 Å². The summed E-state index contributed by atoms with van der Waals surface area (Å²) in [5.74, 6) is 0.686. The first-order chi connectivity index (χ1) is 9.42. The third kappa shape index (κ3) is 3.72. The van der Waals surface area contributed by atoms with Gasteiger partial charge < -0.3 is 4.74 Å². The van der Waals surface area contributed by atoms with Gasteiger partial charge in [0.05, 0.1) is 17.0 Å². The van der Waals surface area contributed by atoms with Crippen LogP contribution in [0.4, 0.5) is 0 Å². The zero-order valence-electron chi connectivity index (χ0n) is 10.3. The molecular weight excluding hydrogens is 495 g/mol. The molecule has 0 saturated heterocycles. The van der Waals surface area contributed by atoms with Crippen molar-refractivity contribution in [2.24, 2.45) is 0 Å². The van der Waals surface area contributed by atoms with Gasteiger partial charge in [0.1, 0.15) is 5.75 Å². The van der Waals surface area contributed by atoms with Crippen molar-refractivity contribution in [2.45, 2.75) is 5.38 Å². The number of halogens is 5. The summed E-state index contributed by atoms with van der Waals surface area (Å²) in [6, 6.07) is 9.49. The van der Waals surface area contributed by atoms with Gasteiger partial charge >= 0.3 is 0 Å². The Morgan fingerprint density at radius 1 is 1.00 bits per heavy atom. The van der Waals surface area contributed by atoms with E-state index in [1.54, 1.807) is 13.2 Å². The van der Waals surface area contributed by atoms with Gasteiger partial charge in [-0.15, -0.1) is 11.6 Å². The molecule has 0 amide bonds. The Morgan fingerprint density at radius 2 is 1.60 bits per heavy atom. The maximum absolute atomic E-state index is 6.60. The molecule has 1 nitrogen and oxygen atoms in total. The van der Waals surface area contributed by atoms with Gasteiger partial charge in [0.15, 0.2) is 0 Å². The maximum Gasteiger partial charge on any atom is 0.138 e. The minimum absolute atomic E-state index is 0.367. The Hall–Kier alpha value is 0.260. The third-order valence-corrected chi connectivity index (χ3v) is 4.90. The van der Waals surface area contributed by atoms with Crippen LogP contribution in [0.5, 0.6) is 5.75 Å². The molecule has 2 aromatic carbocycles. The first-order valence-corrected chi connectivity index (χ1v) is 8.74. The van der Waals surface area contributed by atoms with Crippen LogP contribution in [0.1, 0.15) is 16.5 Å².